The molecule has 0 saturated carbocycles. The Morgan fingerprint density at radius 3 is 2.06 bits per heavy atom. The van der Waals surface area contributed by atoms with E-state index in [1.165, 1.54) is 0 Å². The summed E-state index contributed by atoms with van der Waals surface area (Å²) in [5.74, 6) is 0.0670. The van der Waals surface area contributed by atoms with E-state index in [1.54, 1.807) is 6.92 Å². The van der Waals surface area contributed by atoms with Gasteiger partial charge in [-0.15, -0.1) is 0 Å². The van der Waals surface area contributed by atoms with Crippen molar-refractivity contribution in [1.82, 2.24) is 0 Å². The van der Waals surface area contributed by atoms with Crippen LogP contribution in [-0.4, -0.2) is 5.78 Å². The van der Waals surface area contributed by atoms with Gasteiger partial charge in [-0.25, -0.2) is 0 Å². The molecular weight excluding hydrogens is 267 g/mol. The number of hydrogen-bond donors (Lipinski definition) is 0. The minimum atomic E-state index is 0.0670. The van der Waals surface area contributed by atoms with E-state index in [0.717, 1.165) is 11.1 Å². The van der Waals surface area contributed by atoms with Gasteiger partial charge in [-0.2, -0.15) is 0 Å². The Morgan fingerprint density at radius 2 is 1.56 bits per heavy atom. The van der Waals surface area contributed by atoms with Crippen molar-refractivity contribution in [3.05, 3.63) is 69.2 Å². The van der Waals surface area contributed by atoms with Gasteiger partial charge < -0.3 is 0 Å². The highest BCUT2D eigenvalue weighted by Crippen LogP contribution is 2.26. The third-order valence-electron chi connectivity index (χ3n) is 2.80. The summed E-state index contributed by atoms with van der Waals surface area (Å²) in [5.41, 5.74) is 2.70. The fraction of sp³-hybridized carbons (Fsp3) is 0.133. The Bertz CT molecular complexity index is 553. The molecule has 0 N–H and O–H groups in total. The van der Waals surface area contributed by atoms with E-state index >= 15 is 0 Å². The van der Waals surface area contributed by atoms with Crippen LogP contribution in [0.25, 0.3) is 0 Å². The summed E-state index contributed by atoms with van der Waals surface area (Å²) in [5, 5.41) is 1.33. The zero-order valence-corrected chi connectivity index (χ0v) is 11.4. The highest BCUT2D eigenvalue weighted by molar-refractivity contribution is 6.36. The van der Waals surface area contributed by atoms with Crippen LogP contribution in [0.1, 0.15) is 28.4 Å². The lowest BCUT2D eigenvalue weighted by Crippen LogP contribution is -1.94. The van der Waals surface area contributed by atoms with Crippen LogP contribution in [0.15, 0.2) is 42.5 Å². The molecule has 2 rings (SSSR count). The predicted molar refractivity (Wildman–Crippen MR) is 75.7 cm³/mol. The smallest absolute Gasteiger partial charge is 0.159 e. The Morgan fingerprint density at radius 1 is 1.00 bits per heavy atom. The number of hydrogen-bond acceptors (Lipinski definition) is 1. The zero-order valence-electron chi connectivity index (χ0n) is 9.91. The van der Waals surface area contributed by atoms with Crippen LogP contribution < -0.4 is 0 Å². The van der Waals surface area contributed by atoms with Crippen molar-refractivity contribution in [1.29, 1.82) is 0 Å². The minimum absolute atomic E-state index is 0.0670. The fourth-order valence-electron chi connectivity index (χ4n) is 1.76. The highest BCUT2D eigenvalue weighted by Gasteiger charge is 2.07. The molecule has 0 radical (unpaired) electrons. The van der Waals surface area contributed by atoms with Crippen molar-refractivity contribution in [3.8, 4) is 0 Å². The molecule has 0 unspecified atom stereocenters. The molecule has 2 aromatic carbocycles. The van der Waals surface area contributed by atoms with Crippen LogP contribution in [-0.2, 0) is 6.42 Å². The molecule has 0 saturated heterocycles. The first-order valence-electron chi connectivity index (χ1n) is 5.60. The maximum atomic E-state index is 11.2. The van der Waals surface area contributed by atoms with E-state index in [2.05, 4.69) is 0 Å². The Hall–Kier alpha value is -1.31. The second-order valence-electron chi connectivity index (χ2n) is 4.13. The maximum absolute atomic E-state index is 11.2. The van der Waals surface area contributed by atoms with Gasteiger partial charge in [0.1, 0.15) is 0 Å². The minimum Gasteiger partial charge on any atom is -0.295 e. The number of Topliss-reactive ketones (excluding diaryl/α,β-unsaturated/α-hetero) is 1. The number of benzene rings is 2. The molecule has 0 aliphatic rings. The molecule has 2 aromatic rings. The van der Waals surface area contributed by atoms with Crippen molar-refractivity contribution in [2.24, 2.45) is 0 Å². The van der Waals surface area contributed by atoms with Gasteiger partial charge in [0.05, 0.1) is 0 Å². The fourth-order valence-corrected chi connectivity index (χ4v) is 2.29. The van der Waals surface area contributed by atoms with Crippen molar-refractivity contribution in [2.75, 3.05) is 0 Å². The third kappa shape index (κ3) is 2.92. The summed E-state index contributed by atoms with van der Waals surface area (Å²) in [6, 6.07) is 13.0. The van der Waals surface area contributed by atoms with Crippen molar-refractivity contribution in [2.45, 2.75) is 13.3 Å². The average molecular weight is 279 g/mol. The van der Waals surface area contributed by atoms with E-state index < -0.39 is 0 Å². The standard InChI is InChI=1S/C15H12Cl2O/c1-10(18)12-7-5-11(6-8-12)9-13-14(16)3-2-4-15(13)17/h2-8H,9H2,1H3. The van der Waals surface area contributed by atoms with Gasteiger partial charge in [-0.1, -0.05) is 53.5 Å². The average Bonchev–Trinajstić information content (AvgIpc) is 2.34. The van der Waals surface area contributed by atoms with Crippen LogP contribution in [0.4, 0.5) is 0 Å². The molecule has 92 valence electrons. The van der Waals surface area contributed by atoms with E-state index in [1.807, 2.05) is 42.5 Å². The number of rotatable bonds is 3. The summed E-state index contributed by atoms with van der Waals surface area (Å²) in [6.07, 6.45) is 0.663. The Labute approximate surface area is 116 Å². The summed E-state index contributed by atoms with van der Waals surface area (Å²) in [7, 11) is 0. The number of carbonyl (C=O) groups excluding carboxylic acids is 1. The molecule has 0 amide bonds. The van der Waals surface area contributed by atoms with Crippen LogP contribution in [0.3, 0.4) is 0 Å². The van der Waals surface area contributed by atoms with Gasteiger partial charge >= 0.3 is 0 Å². The topological polar surface area (TPSA) is 17.1 Å². The lowest BCUT2D eigenvalue weighted by molar-refractivity contribution is 0.101. The van der Waals surface area contributed by atoms with Gasteiger partial charge in [-0.3, -0.25) is 4.79 Å². The summed E-state index contributed by atoms with van der Waals surface area (Å²) in [4.78, 5) is 11.2. The van der Waals surface area contributed by atoms with Gasteiger partial charge in [0.25, 0.3) is 0 Å². The molecule has 0 atom stereocenters. The molecule has 0 fully saturated rings. The first-order valence-corrected chi connectivity index (χ1v) is 6.36. The Balaban J connectivity index is 2.26. The van der Waals surface area contributed by atoms with Crippen molar-refractivity contribution < 1.29 is 4.79 Å². The lowest BCUT2D eigenvalue weighted by Gasteiger charge is -2.07. The van der Waals surface area contributed by atoms with Crippen LogP contribution in [0, 0.1) is 0 Å². The SMILES string of the molecule is CC(=O)c1ccc(Cc2c(Cl)cccc2Cl)cc1. The molecule has 0 aromatic heterocycles. The first-order chi connectivity index (χ1) is 8.58. The van der Waals surface area contributed by atoms with Gasteiger partial charge in [0.2, 0.25) is 0 Å². The summed E-state index contributed by atoms with van der Waals surface area (Å²) < 4.78 is 0. The van der Waals surface area contributed by atoms with Crippen LogP contribution >= 0.6 is 23.2 Å². The molecule has 0 aliphatic carbocycles. The highest BCUT2D eigenvalue weighted by atomic mass is 35.5. The molecular formula is C15H12Cl2O. The van der Waals surface area contributed by atoms with Gasteiger partial charge in [0.15, 0.2) is 5.78 Å². The van der Waals surface area contributed by atoms with Gasteiger partial charge in [0, 0.05) is 22.0 Å². The number of carbonyl (C=O) groups is 1. The van der Waals surface area contributed by atoms with E-state index in [4.69, 9.17) is 23.2 Å². The molecule has 18 heavy (non-hydrogen) atoms. The number of halogens is 2. The second kappa shape index (κ2) is 5.55. The van der Waals surface area contributed by atoms with Gasteiger partial charge in [-0.05, 0) is 30.2 Å². The first kappa shape index (κ1) is 13.1. The van der Waals surface area contributed by atoms with Crippen LogP contribution in [0.2, 0.25) is 10.0 Å². The molecule has 0 spiro atoms. The Kier molecular flexibility index (Phi) is 4.05. The monoisotopic (exact) mass is 278 g/mol. The number of ketones is 1. The predicted octanol–water partition coefficient (Wildman–Crippen LogP) is 4.79. The summed E-state index contributed by atoms with van der Waals surface area (Å²) in [6.45, 7) is 1.56. The lowest BCUT2D eigenvalue weighted by atomic mass is 10.0. The largest absolute Gasteiger partial charge is 0.295 e. The maximum Gasteiger partial charge on any atom is 0.159 e. The van der Waals surface area contributed by atoms with Crippen molar-refractivity contribution in [3.63, 3.8) is 0 Å². The summed E-state index contributed by atoms with van der Waals surface area (Å²) >= 11 is 12.2. The van der Waals surface area contributed by atoms with E-state index in [-0.39, 0.29) is 5.78 Å². The zero-order chi connectivity index (χ0) is 13.1. The van der Waals surface area contributed by atoms with E-state index in [9.17, 15) is 4.79 Å². The normalized spacial score (nSPS) is 10.4. The molecule has 0 aliphatic heterocycles. The molecule has 0 bridgehead atoms. The van der Waals surface area contributed by atoms with Crippen molar-refractivity contribution >= 4 is 29.0 Å². The molecule has 1 nitrogen and oxygen atoms in total. The quantitative estimate of drug-likeness (QED) is 0.738. The van der Waals surface area contributed by atoms with Crippen LogP contribution in [0.5, 0.6) is 0 Å². The second-order valence-corrected chi connectivity index (χ2v) is 4.94. The third-order valence-corrected chi connectivity index (χ3v) is 3.51. The molecule has 3 heteroatoms. The van der Waals surface area contributed by atoms with E-state index in [0.29, 0.717) is 22.0 Å². The molecule has 0 heterocycles.